The van der Waals surface area contributed by atoms with Crippen LogP contribution in [-0.4, -0.2) is 104 Å². The van der Waals surface area contributed by atoms with E-state index in [2.05, 4.69) is 41.8 Å². The molecule has 75 heavy (non-hydrogen) atoms. The molecule has 400 valence electrons. The second kappa shape index (κ2) is 27.7. The number of hydrogen-bond donors (Lipinski definition) is 7. The minimum atomic E-state index is -4.15. The minimum absolute atomic E-state index is 0.0113. The van der Waals surface area contributed by atoms with Gasteiger partial charge in [0, 0.05) is 12.6 Å². The van der Waals surface area contributed by atoms with Crippen LogP contribution in [0.5, 0.6) is 0 Å². The summed E-state index contributed by atoms with van der Waals surface area (Å²) in [5.74, 6) is -3.73. The van der Waals surface area contributed by atoms with E-state index in [9.17, 15) is 42.0 Å². The number of carbonyl (C=O) groups excluding carboxylic acids is 7. The molecule has 1 saturated heterocycles. The van der Waals surface area contributed by atoms with Crippen molar-refractivity contribution in [2.45, 2.75) is 120 Å². The Kier molecular flexibility index (Phi) is 21.0. The van der Waals surface area contributed by atoms with Gasteiger partial charge in [0.05, 0.1) is 30.1 Å². The van der Waals surface area contributed by atoms with Crippen LogP contribution in [0.15, 0.2) is 131 Å². The zero-order valence-electron chi connectivity index (χ0n) is 42.8. The van der Waals surface area contributed by atoms with Crippen LogP contribution in [0.4, 0.5) is 9.59 Å². The average Bonchev–Trinajstić information content (AvgIpc) is 3.84. The molecule has 1 aliphatic heterocycles. The average molecular weight is 1050 g/mol. The fourth-order valence-corrected chi connectivity index (χ4v) is 10.6. The fraction of sp³-hybridized carbons (Fsp3) is 0.418. The summed E-state index contributed by atoms with van der Waals surface area (Å²) in [5.41, 5.74) is 4.02. The molecule has 6 rings (SSSR count). The Morgan fingerprint density at radius 3 is 1.87 bits per heavy atom. The molecule has 0 radical (unpaired) electrons. The Hall–Kier alpha value is -7.45. The maximum atomic E-state index is 15.0. The van der Waals surface area contributed by atoms with Crippen molar-refractivity contribution in [3.05, 3.63) is 138 Å². The predicted molar refractivity (Wildman–Crippen MR) is 282 cm³/mol. The second-order valence-corrected chi connectivity index (χ2v) is 21.0. The third-order valence-electron chi connectivity index (χ3n) is 13.0. The summed E-state index contributed by atoms with van der Waals surface area (Å²) in [6, 6.07) is 27.4. The molecular weight excluding hydrogens is 979 g/mol. The number of urea groups is 1. The molecule has 7 N–H and O–H groups in total. The lowest BCUT2D eigenvalue weighted by atomic mass is 9.83. The number of ketones is 1. The predicted octanol–water partition coefficient (Wildman–Crippen LogP) is 5.56. The van der Waals surface area contributed by atoms with E-state index >= 15 is 0 Å². The normalized spacial score (nSPS) is 17.3. The van der Waals surface area contributed by atoms with Crippen molar-refractivity contribution in [1.29, 1.82) is 0 Å². The zero-order chi connectivity index (χ0) is 53.9. The van der Waals surface area contributed by atoms with Gasteiger partial charge in [-0.15, -0.1) is 0 Å². The van der Waals surface area contributed by atoms with Crippen LogP contribution in [0.25, 0.3) is 0 Å². The number of benzene rings is 4. The van der Waals surface area contributed by atoms with Crippen LogP contribution in [-0.2, 0) is 38.7 Å². The summed E-state index contributed by atoms with van der Waals surface area (Å²) < 4.78 is 35.6. The van der Waals surface area contributed by atoms with Crippen molar-refractivity contribution < 1.29 is 46.7 Å². The van der Waals surface area contributed by atoms with E-state index in [1.165, 1.54) is 24.0 Å². The SMILES string of the molecule is CCC[C@H](NC(=O)C1C[C@@H](NS(=O)(=O)c2ccccc2)CN1C(=O)[C@@H](NC(=O)OCC(C)C)C1CCCCC1)C(=NNC(=O)NC(c1ccccc1)c1ccccc1)C(=O)NCC(=O)N[C@H](C(C)=O)c1ccccc1. The number of sulfonamides is 1. The highest BCUT2D eigenvalue weighted by atomic mass is 32.2. The Balaban J connectivity index is 1.31. The van der Waals surface area contributed by atoms with E-state index in [0.29, 0.717) is 24.8 Å². The Bertz CT molecular complexity index is 2670. The van der Waals surface area contributed by atoms with Gasteiger partial charge >= 0.3 is 12.1 Å². The molecule has 1 aliphatic carbocycles. The van der Waals surface area contributed by atoms with Gasteiger partial charge in [-0.2, -0.15) is 5.10 Å². The van der Waals surface area contributed by atoms with Crippen LogP contribution in [0, 0.1) is 11.8 Å². The number of amides is 7. The summed E-state index contributed by atoms with van der Waals surface area (Å²) in [5, 5.41) is 18.0. The number of hydrazone groups is 1. The fourth-order valence-electron chi connectivity index (χ4n) is 9.31. The molecule has 2 aliphatic rings. The van der Waals surface area contributed by atoms with E-state index in [1.807, 2.05) is 74.5 Å². The first kappa shape index (κ1) is 56.8. The van der Waals surface area contributed by atoms with Crippen LogP contribution >= 0.6 is 0 Å². The second-order valence-electron chi connectivity index (χ2n) is 19.3. The zero-order valence-corrected chi connectivity index (χ0v) is 43.6. The number of ether oxygens (including phenoxy) is 1. The van der Waals surface area contributed by atoms with E-state index in [0.717, 1.165) is 30.4 Å². The summed E-state index contributed by atoms with van der Waals surface area (Å²) in [7, 11) is -4.15. The van der Waals surface area contributed by atoms with E-state index < -0.39 is 94.3 Å². The van der Waals surface area contributed by atoms with Crippen LogP contribution in [0.1, 0.15) is 108 Å². The van der Waals surface area contributed by atoms with E-state index in [-0.39, 0.29) is 48.5 Å². The highest BCUT2D eigenvalue weighted by molar-refractivity contribution is 7.89. The molecule has 0 aromatic heterocycles. The first-order valence-corrected chi connectivity index (χ1v) is 27.0. The molecule has 19 nitrogen and oxygen atoms in total. The van der Waals surface area contributed by atoms with Crippen LogP contribution in [0.2, 0.25) is 0 Å². The lowest BCUT2D eigenvalue weighted by molar-refractivity contribution is -0.141. The van der Waals surface area contributed by atoms with Gasteiger partial charge in [0.25, 0.3) is 5.91 Å². The Morgan fingerprint density at radius 2 is 1.31 bits per heavy atom. The number of Topliss-reactive ketones (excluding diaryl/α,β-unsaturated/α-hetero) is 1. The van der Waals surface area contributed by atoms with Crippen molar-refractivity contribution >= 4 is 57.3 Å². The number of hydrogen-bond acceptors (Lipinski definition) is 11. The first-order valence-electron chi connectivity index (χ1n) is 25.5. The maximum absolute atomic E-state index is 15.0. The molecule has 1 heterocycles. The monoisotopic (exact) mass is 1050 g/mol. The van der Waals surface area contributed by atoms with Gasteiger partial charge in [-0.3, -0.25) is 24.0 Å². The number of rotatable bonds is 23. The van der Waals surface area contributed by atoms with Gasteiger partial charge in [0.1, 0.15) is 23.8 Å². The van der Waals surface area contributed by atoms with Gasteiger partial charge in [-0.1, -0.05) is 156 Å². The van der Waals surface area contributed by atoms with E-state index in [4.69, 9.17) is 4.74 Å². The quantitative estimate of drug-likeness (QED) is 0.0359. The van der Waals surface area contributed by atoms with Gasteiger partial charge in [0.15, 0.2) is 5.78 Å². The number of nitrogens with one attached hydrogen (secondary N) is 7. The number of alkyl carbamates (subject to hydrolysis) is 1. The summed E-state index contributed by atoms with van der Waals surface area (Å²) >= 11 is 0. The minimum Gasteiger partial charge on any atom is -0.449 e. The molecule has 2 fully saturated rings. The Morgan fingerprint density at radius 1 is 0.733 bits per heavy atom. The number of likely N-dealkylation sites (tertiary alicyclic amines) is 1. The molecule has 4 aromatic rings. The molecule has 0 spiro atoms. The first-order chi connectivity index (χ1) is 36.0. The Labute approximate surface area is 438 Å². The van der Waals surface area contributed by atoms with Crippen molar-refractivity contribution in [2.24, 2.45) is 16.9 Å². The topological polar surface area (TPSA) is 263 Å². The highest BCUT2D eigenvalue weighted by Gasteiger charge is 2.46. The lowest BCUT2D eigenvalue weighted by Gasteiger charge is -2.34. The smallest absolute Gasteiger partial charge is 0.407 e. The van der Waals surface area contributed by atoms with Crippen LogP contribution in [0.3, 0.4) is 0 Å². The number of carbonyl (C=O) groups is 7. The molecule has 5 atom stereocenters. The summed E-state index contributed by atoms with van der Waals surface area (Å²) in [4.78, 5) is 98.8. The largest absolute Gasteiger partial charge is 0.449 e. The molecule has 1 saturated carbocycles. The summed E-state index contributed by atoms with van der Waals surface area (Å²) in [6.45, 7) is 6.07. The molecular formula is C55H69N9O10S. The lowest BCUT2D eigenvalue weighted by Crippen LogP contribution is -2.58. The molecule has 7 amide bonds. The van der Waals surface area contributed by atoms with Gasteiger partial charge < -0.3 is 36.2 Å². The standard InChI is InChI=1S/C55H69N9O10S/c1-5-21-44(57-51(67)45-32-42(63-75(72,73)43-30-19-10-20-31-43)34-64(45)53(69)49(41-28-17-9-18-29-41)60-55(71)74-35-36(2)3)50(52(68)56-33-46(66)58-47(37(4)65)38-22-11-6-12-23-38)61-62-54(70)59-48(39-24-13-7-14-25-39)40-26-15-8-16-27-40/h6-8,10-16,19-20,22-27,30-31,36,41-42,44-45,47-49,63H,5,9,17-18,21,28-29,32-35H2,1-4H3,(H,56,68)(H,57,67)(H,58,66)(H,60,71)(H2,59,62,70)/t42-,44+,45?,47-,49+/m1/s1. The third-order valence-corrected chi connectivity index (χ3v) is 14.5. The maximum Gasteiger partial charge on any atom is 0.407 e. The molecule has 0 bridgehead atoms. The van der Waals surface area contributed by atoms with Crippen LogP contribution < -0.4 is 36.7 Å². The molecule has 20 heteroatoms. The highest BCUT2D eigenvalue weighted by Crippen LogP contribution is 2.30. The summed E-state index contributed by atoms with van der Waals surface area (Å²) in [6.07, 6.45) is 3.19. The van der Waals surface area contributed by atoms with E-state index in [1.54, 1.807) is 55.5 Å². The van der Waals surface area contributed by atoms with Crippen molar-refractivity contribution in [2.75, 3.05) is 19.7 Å². The molecule has 4 aromatic carbocycles. The van der Waals surface area contributed by atoms with Gasteiger partial charge in [-0.25, -0.2) is 28.2 Å². The van der Waals surface area contributed by atoms with Crippen molar-refractivity contribution in [1.82, 2.24) is 41.6 Å². The third kappa shape index (κ3) is 16.5. The number of nitrogens with zero attached hydrogens (tertiary/aromatic N) is 2. The molecule has 1 unspecified atom stereocenters. The van der Waals surface area contributed by atoms with Crippen molar-refractivity contribution in [3.63, 3.8) is 0 Å². The van der Waals surface area contributed by atoms with Crippen molar-refractivity contribution in [3.8, 4) is 0 Å². The van der Waals surface area contributed by atoms with Gasteiger partial charge in [-0.05, 0) is 73.3 Å². The van der Waals surface area contributed by atoms with Gasteiger partial charge in [0.2, 0.25) is 27.7 Å².